The lowest BCUT2D eigenvalue weighted by Crippen LogP contribution is -2.42. The van der Waals surface area contributed by atoms with Crippen LogP contribution in [0, 0.1) is 0 Å². The Kier molecular flexibility index (Phi) is 3.82. The van der Waals surface area contributed by atoms with Gasteiger partial charge in [0.2, 0.25) is 0 Å². The van der Waals surface area contributed by atoms with Gasteiger partial charge in [0.1, 0.15) is 0 Å². The predicted molar refractivity (Wildman–Crippen MR) is 69.5 cm³/mol. The Balaban J connectivity index is 2.36. The van der Waals surface area contributed by atoms with Crippen LogP contribution >= 0.6 is 0 Å². The van der Waals surface area contributed by atoms with E-state index in [1.807, 2.05) is 24.3 Å². The number of carboxylic acid groups (broad SMARTS) is 1. The summed E-state index contributed by atoms with van der Waals surface area (Å²) in [5.41, 5.74) is 0.732. The summed E-state index contributed by atoms with van der Waals surface area (Å²) in [5, 5.41) is 9.58. The van der Waals surface area contributed by atoms with Gasteiger partial charge in [0.15, 0.2) is 5.60 Å². The van der Waals surface area contributed by atoms with Crippen molar-refractivity contribution in [1.29, 1.82) is 0 Å². The van der Waals surface area contributed by atoms with Crippen LogP contribution in [0.5, 0.6) is 0 Å². The molecule has 1 aliphatic carbocycles. The molecule has 1 N–H and O–H groups in total. The molecule has 18 heavy (non-hydrogen) atoms. The minimum atomic E-state index is -1.17. The highest BCUT2D eigenvalue weighted by Gasteiger charge is 2.44. The maximum Gasteiger partial charge on any atom is 0.340 e. The van der Waals surface area contributed by atoms with Crippen LogP contribution in [0.3, 0.4) is 0 Å². The Morgan fingerprint density at radius 2 is 2.28 bits per heavy atom. The Morgan fingerprint density at radius 3 is 3.00 bits per heavy atom. The number of aliphatic carboxylic acids is 1. The van der Waals surface area contributed by atoms with Crippen LogP contribution in [-0.2, 0) is 21.6 Å². The molecular formula is C15H18O3. The molecule has 2 rings (SSSR count). The molecule has 1 atom stereocenters. The van der Waals surface area contributed by atoms with E-state index >= 15 is 0 Å². The summed E-state index contributed by atoms with van der Waals surface area (Å²) in [5.74, 6) is -0.890. The lowest BCUT2D eigenvalue weighted by Gasteiger charge is -2.35. The topological polar surface area (TPSA) is 46.5 Å². The summed E-state index contributed by atoms with van der Waals surface area (Å²) in [7, 11) is 0. The molecule has 0 radical (unpaired) electrons. The first kappa shape index (κ1) is 12.8. The summed E-state index contributed by atoms with van der Waals surface area (Å²) in [6.07, 6.45) is 4.71. The summed E-state index contributed by atoms with van der Waals surface area (Å²) in [4.78, 5) is 11.7. The zero-order valence-electron chi connectivity index (χ0n) is 10.4. The van der Waals surface area contributed by atoms with Crippen molar-refractivity contribution in [3.63, 3.8) is 0 Å². The molecule has 0 spiro atoms. The molecule has 1 aromatic rings. The largest absolute Gasteiger partial charge is 0.479 e. The van der Waals surface area contributed by atoms with Crippen LogP contribution in [-0.4, -0.2) is 17.7 Å². The van der Waals surface area contributed by atoms with Gasteiger partial charge < -0.3 is 9.84 Å². The predicted octanol–water partition coefficient (Wildman–Crippen LogP) is 2.90. The molecule has 0 aliphatic heterocycles. The van der Waals surface area contributed by atoms with Crippen molar-refractivity contribution in [3.05, 3.63) is 48.0 Å². The van der Waals surface area contributed by atoms with Gasteiger partial charge in [0.05, 0.1) is 6.61 Å². The Hall–Kier alpha value is -1.61. The van der Waals surface area contributed by atoms with Crippen LogP contribution < -0.4 is 0 Å². The molecular weight excluding hydrogens is 228 g/mol. The normalized spacial score (nSPS) is 22.2. The maximum absolute atomic E-state index is 11.7. The lowest BCUT2D eigenvalue weighted by atomic mass is 9.79. The van der Waals surface area contributed by atoms with Crippen molar-refractivity contribution < 1.29 is 14.6 Å². The first-order valence-electron chi connectivity index (χ1n) is 6.27. The minimum Gasteiger partial charge on any atom is -0.479 e. The number of fused-ring (bicyclic) bond motifs is 1. The van der Waals surface area contributed by atoms with Gasteiger partial charge in [0.25, 0.3) is 0 Å². The number of benzene rings is 1. The molecule has 1 unspecified atom stereocenters. The van der Waals surface area contributed by atoms with E-state index in [0.717, 1.165) is 24.0 Å². The first-order valence-corrected chi connectivity index (χ1v) is 6.27. The van der Waals surface area contributed by atoms with Gasteiger partial charge in [-0.15, -0.1) is 6.58 Å². The van der Waals surface area contributed by atoms with E-state index in [2.05, 4.69) is 6.58 Å². The molecule has 0 aromatic heterocycles. The summed E-state index contributed by atoms with van der Waals surface area (Å²) in [6.45, 7) is 4.02. The van der Waals surface area contributed by atoms with E-state index < -0.39 is 11.6 Å². The highest BCUT2D eigenvalue weighted by molar-refractivity contribution is 5.80. The number of hydrogen-bond acceptors (Lipinski definition) is 2. The molecule has 0 heterocycles. The monoisotopic (exact) mass is 246 g/mol. The first-order chi connectivity index (χ1) is 8.70. The molecule has 3 heteroatoms. The van der Waals surface area contributed by atoms with Crippen molar-refractivity contribution in [2.75, 3.05) is 6.61 Å². The molecule has 0 saturated carbocycles. The summed E-state index contributed by atoms with van der Waals surface area (Å²) >= 11 is 0. The van der Waals surface area contributed by atoms with Crippen LogP contribution in [0.25, 0.3) is 0 Å². The van der Waals surface area contributed by atoms with E-state index in [4.69, 9.17) is 4.74 Å². The van der Waals surface area contributed by atoms with Gasteiger partial charge in [-0.3, -0.25) is 0 Å². The number of aryl methyl sites for hydroxylation is 1. The molecule has 3 nitrogen and oxygen atoms in total. The average molecular weight is 246 g/mol. The molecule has 0 fully saturated rings. The van der Waals surface area contributed by atoms with Crippen molar-refractivity contribution >= 4 is 5.97 Å². The van der Waals surface area contributed by atoms with Gasteiger partial charge in [-0.1, -0.05) is 30.3 Å². The second-order valence-electron chi connectivity index (χ2n) is 4.57. The Bertz CT molecular complexity index is 453. The van der Waals surface area contributed by atoms with E-state index in [1.165, 1.54) is 0 Å². The quantitative estimate of drug-likeness (QED) is 0.642. The number of ether oxygens (including phenoxy) is 1. The molecule has 1 aromatic carbocycles. The fourth-order valence-corrected chi connectivity index (χ4v) is 2.55. The van der Waals surface area contributed by atoms with Gasteiger partial charge in [0, 0.05) is 0 Å². The van der Waals surface area contributed by atoms with Crippen molar-refractivity contribution in [1.82, 2.24) is 0 Å². The molecule has 96 valence electrons. The van der Waals surface area contributed by atoms with Gasteiger partial charge in [-0.25, -0.2) is 4.79 Å². The fraction of sp³-hybridized carbons (Fsp3) is 0.400. The minimum absolute atomic E-state index is 0.393. The van der Waals surface area contributed by atoms with E-state index in [9.17, 15) is 9.90 Å². The Labute approximate surface area is 107 Å². The van der Waals surface area contributed by atoms with Crippen LogP contribution in [0.2, 0.25) is 0 Å². The van der Waals surface area contributed by atoms with E-state index in [-0.39, 0.29) is 0 Å². The van der Waals surface area contributed by atoms with E-state index in [1.54, 1.807) is 6.08 Å². The summed E-state index contributed by atoms with van der Waals surface area (Å²) in [6, 6.07) is 7.68. The third-order valence-electron chi connectivity index (χ3n) is 3.44. The Morgan fingerprint density at radius 1 is 1.50 bits per heavy atom. The van der Waals surface area contributed by atoms with Crippen LogP contribution in [0.4, 0.5) is 0 Å². The molecule has 0 saturated heterocycles. The standard InChI is InChI=1S/C15H18O3/c1-2-3-11-18-15(14(16)17)10-6-8-12-7-4-5-9-13(12)15/h2,4-5,7,9H,1,3,6,8,10-11H2,(H,16,17). The SMILES string of the molecule is C=CCCOC1(C(=O)O)CCCc2ccccc21. The molecule has 0 bridgehead atoms. The second-order valence-corrected chi connectivity index (χ2v) is 4.57. The third kappa shape index (κ3) is 2.18. The number of rotatable bonds is 5. The fourth-order valence-electron chi connectivity index (χ4n) is 2.55. The molecule has 1 aliphatic rings. The lowest BCUT2D eigenvalue weighted by molar-refractivity contribution is -0.170. The van der Waals surface area contributed by atoms with Crippen LogP contribution in [0.1, 0.15) is 30.4 Å². The third-order valence-corrected chi connectivity index (χ3v) is 3.44. The van der Waals surface area contributed by atoms with Crippen molar-refractivity contribution in [3.8, 4) is 0 Å². The highest BCUT2D eigenvalue weighted by Crippen LogP contribution is 2.38. The van der Waals surface area contributed by atoms with Gasteiger partial charge in [-0.05, 0) is 36.8 Å². The number of carbonyl (C=O) groups is 1. The summed E-state index contributed by atoms with van der Waals surface area (Å²) < 4.78 is 5.73. The smallest absolute Gasteiger partial charge is 0.340 e. The van der Waals surface area contributed by atoms with E-state index in [0.29, 0.717) is 19.4 Å². The maximum atomic E-state index is 11.7. The highest BCUT2D eigenvalue weighted by atomic mass is 16.5. The van der Waals surface area contributed by atoms with Gasteiger partial charge in [-0.2, -0.15) is 0 Å². The second kappa shape index (κ2) is 5.36. The molecule has 0 amide bonds. The average Bonchev–Trinajstić information content (AvgIpc) is 2.39. The zero-order valence-corrected chi connectivity index (χ0v) is 10.4. The van der Waals surface area contributed by atoms with Crippen LogP contribution in [0.15, 0.2) is 36.9 Å². The number of carboxylic acids is 1. The van der Waals surface area contributed by atoms with Crippen molar-refractivity contribution in [2.45, 2.75) is 31.3 Å². The zero-order chi connectivity index (χ0) is 13.0. The van der Waals surface area contributed by atoms with Gasteiger partial charge >= 0.3 is 5.97 Å². The van der Waals surface area contributed by atoms with Crippen molar-refractivity contribution in [2.24, 2.45) is 0 Å². The number of hydrogen-bond donors (Lipinski definition) is 1.